The molecule has 1 saturated heterocycles. The van der Waals surface area contributed by atoms with E-state index in [1.165, 1.54) is 6.07 Å². The van der Waals surface area contributed by atoms with Gasteiger partial charge in [-0.1, -0.05) is 12.1 Å². The number of rotatable bonds is 6. The molecule has 4 nitrogen and oxygen atoms in total. The van der Waals surface area contributed by atoms with Crippen molar-refractivity contribution in [1.82, 2.24) is 4.90 Å². The average molecular weight is 345 g/mol. The number of carbonyl (C=O) groups is 1. The fourth-order valence-corrected chi connectivity index (χ4v) is 2.92. The Balaban J connectivity index is 0.00000264. The lowest BCUT2D eigenvalue weighted by molar-refractivity contribution is -0.135. The predicted octanol–water partition coefficient (Wildman–Crippen LogP) is 3.13. The van der Waals surface area contributed by atoms with Crippen LogP contribution in [0.15, 0.2) is 24.3 Å². The number of hydrogen-bond donors (Lipinski definition) is 1. The van der Waals surface area contributed by atoms with Crippen molar-refractivity contribution in [1.29, 1.82) is 0 Å². The lowest BCUT2D eigenvalue weighted by Gasteiger charge is -2.38. The van der Waals surface area contributed by atoms with Crippen LogP contribution in [0.4, 0.5) is 4.39 Å². The maximum Gasteiger partial charge on any atom is 0.222 e. The Bertz CT molecular complexity index is 499. The molecule has 6 heteroatoms. The van der Waals surface area contributed by atoms with E-state index in [2.05, 4.69) is 0 Å². The van der Waals surface area contributed by atoms with Gasteiger partial charge in [0.1, 0.15) is 0 Å². The first-order valence-electron chi connectivity index (χ1n) is 8.02. The van der Waals surface area contributed by atoms with E-state index in [4.69, 9.17) is 10.5 Å². The van der Waals surface area contributed by atoms with E-state index in [0.717, 1.165) is 25.8 Å². The number of likely N-dealkylation sites (tertiary alicyclic amines) is 1. The molecule has 2 rings (SSSR count). The van der Waals surface area contributed by atoms with E-state index in [9.17, 15) is 9.18 Å². The third kappa shape index (κ3) is 5.66. The van der Waals surface area contributed by atoms with Crippen LogP contribution in [0.3, 0.4) is 0 Å². The summed E-state index contributed by atoms with van der Waals surface area (Å²) in [4.78, 5) is 14.2. The number of nitrogens with two attached hydrogens (primary N) is 1. The van der Waals surface area contributed by atoms with Crippen LogP contribution in [0.5, 0.6) is 5.75 Å². The molecule has 1 heterocycles. The number of carbonyl (C=O) groups excluding carboxylic acids is 1. The van der Waals surface area contributed by atoms with E-state index in [-0.39, 0.29) is 42.0 Å². The number of halogens is 2. The minimum atomic E-state index is -0.373. The molecule has 0 bridgehead atoms. The molecule has 1 aromatic carbocycles. The van der Waals surface area contributed by atoms with Crippen molar-refractivity contribution in [3.8, 4) is 5.75 Å². The topological polar surface area (TPSA) is 55.6 Å². The van der Waals surface area contributed by atoms with Gasteiger partial charge in [0.25, 0.3) is 0 Å². The van der Waals surface area contributed by atoms with Gasteiger partial charge in [-0.25, -0.2) is 4.39 Å². The van der Waals surface area contributed by atoms with Crippen LogP contribution >= 0.6 is 12.4 Å². The van der Waals surface area contributed by atoms with Crippen LogP contribution < -0.4 is 10.5 Å². The fourth-order valence-electron chi connectivity index (χ4n) is 2.92. The number of piperidine rings is 1. The Morgan fingerprint density at radius 1 is 1.43 bits per heavy atom. The quantitative estimate of drug-likeness (QED) is 0.807. The van der Waals surface area contributed by atoms with Gasteiger partial charge in [0.2, 0.25) is 5.91 Å². The second-order valence-corrected chi connectivity index (χ2v) is 5.89. The highest BCUT2D eigenvalue weighted by molar-refractivity contribution is 5.85. The molecule has 0 radical (unpaired) electrons. The second kappa shape index (κ2) is 9.73. The van der Waals surface area contributed by atoms with Gasteiger partial charge in [-0.05, 0) is 44.7 Å². The Hall–Kier alpha value is -1.33. The highest BCUT2D eigenvalue weighted by Gasteiger charge is 2.28. The highest BCUT2D eigenvalue weighted by atomic mass is 35.5. The van der Waals surface area contributed by atoms with E-state index in [1.807, 2.05) is 11.8 Å². The van der Waals surface area contributed by atoms with Crippen molar-refractivity contribution in [2.75, 3.05) is 13.2 Å². The first-order valence-corrected chi connectivity index (χ1v) is 8.02. The number of amides is 1. The third-order valence-corrected chi connectivity index (χ3v) is 4.11. The van der Waals surface area contributed by atoms with Gasteiger partial charge in [-0.15, -0.1) is 12.4 Å². The van der Waals surface area contributed by atoms with E-state index in [1.54, 1.807) is 18.2 Å². The lowest BCUT2D eigenvalue weighted by atomic mass is 9.96. The summed E-state index contributed by atoms with van der Waals surface area (Å²) in [7, 11) is 0. The molecule has 1 aromatic rings. The van der Waals surface area contributed by atoms with Crippen LogP contribution in [0.25, 0.3) is 0 Å². The molecular formula is C17H26ClFN2O2. The number of ether oxygens (including phenoxy) is 1. The number of nitrogens with zero attached hydrogens (tertiary/aromatic N) is 1. The number of para-hydroxylation sites is 1. The van der Waals surface area contributed by atoms with Gasteiger partial charge in [-0.2, -0.15) is 0 Å². The second-order valence-electron chi connectivity index (χ2n) is 5.89. The SMILES string of the molecule is CC(N)C1CCCCN1C(=O)CCCOc1ccccc1F.Cl. The Labute approximate surface area is 143 Å². The van der Waals surface area contributed by atoms with Crippen molar-refractivity contribution in [2.45, 2.75) is 51.1 Å². The van der Waals surface area contributed by atoms with E-state index < -0.39 is 0 Å². The van der Waals surface area contributed by atoms with Crippen molar-refractivity contribution in [3.63, 3.8) is 0 Å². The molecule has 0 aromatic heterocycles. The molecule has 2 atom stereocenters. The lowest BCUT2D eigenvalue weighted by Crippen LogP contribution is -2.51. The van der Waals surface area contributed by atoms with Crippen LogP contribution in [0.2, 0.25) is 0 Å². The van der Waals surface area contributed by atoms with Crippen molar-refractivity contribution >= 4 is 18.3 Å². The van der Waals surface area contributed by atoms with E-state index >= 15 is 0 Å². The average Bonchev–Trinajstić information content (AvgIpc) is 2.52. The van der Waals surface area contributed by atoms with Crippen molar-refractivity contribution in [2.24, 2.45) is 5.73 Å². The molecule has 0 saturated carbocycles. The first kappa shape index (κ1) is 19.7. The molecule has 1 amide bonds. The highest BCUT2D eigenvalue weighted by Crippen LogP contribution is 2.20. The smallest absolute Gasteiger partial charge is 0.222 e. The maximum atomic E-state index is 13.4. The number of benzene rings is 1. The van der Waals surface area contributed by atoms with Gasteiger partial charge >= 0.3 is 0 Å². The monoisotopic (exact) mass is 344 g/mol. The van der Waals surface area contributed by atoms with Gasteiger partial charge < -0.3 is 15.4 Å². The Kier molecular flexibility index (Phi) is 8.34. The molecule has 23 heavy (non-hydrogen) atoms. The molecule has 2 N–H and O–H groups in total. The summed E-state index contributed by atoms with van der Waals surface area (Å²) >= 11 is 0. The van der Waals surface area contributed by atoms with Gasteiger partial charge in [-0.3, -0.25) is 4.79 Å². The summed E-state index contributed by atoms with van der Waals surface area (Å²) in [5.74, 6) is -0.0117. The molecule has 0 aliphatic carbocycles. The molecule has 0 spiro atoms. The minimum absolute atomic E-state index is 0. The van der Waals surface area contributed by atoms with Gasteiger partial charge in [0.15, 0.2) is 11.6 Å². The van der Waals surface area contributed by atoms with Gasteiger partial charge in [0.05, 0.1) is 6.61 Å². The Morgan fingerprint density at radius 2 is 2.17 bits per heavy atom. The van der Waals surface area contributed by atoms with Crippen LogP contribution in [0, 0.1) is 5.82 Å². The molecule has 130 valence electrons. The van der Waals surface area contributed by atoms with Gasteiger partial charge in [0, 0.05) is 25.0 Å². The minimum Gasteiger partial charge on any atom is -0.491 e. The molecule has 1 fully saturated rings. The Morgan fingerprint density at radius 3 is 2.87 bits per heavy atom. The summed E-state index contributed by atoms with van der Waals surface area (Å²) in [6, 6.07) is 6.45. The third-order valence-electron chi connectivity index (χ3n) is 4.11. The zero-order chi connectivity index (χ0) is 15.9. The summed E-state index contributed by atoms with van der Waals surface area (Å²) in [5.41, 5.74) is 5.98. The standard InChI is InChI=1S/C17H25FN2O2.ClH/c1-13(19)15-8-4-5-11-20(15)17(21)10-6-12-22-16-9-3-2-7-14(16)18;/h2-3,7,9,13,15H,4-6,8,10-12,19H2,1H3;1H. The van der Waals surface area contributed by atoms with Crippen molar-refractivity contribution < 1.29 is 13.9 Å². The van der Waals surface area contributed by atoms with E-state index in [0.29, 0.717) is 19.4 Å². The predicted molar refractivity (Wildman–Crippen MR) is 91.4 cm³/mol. The summed E-state index contributed by atoms with van der Waals surface area (Å²) in [6.07, 6.45) is 4.15. The number of hydrogen-bond acceptors (Lipinski definition) is 3. The van der Waals surface area contributed by atoms with Crippen LogP contribution in [0.1, 0.15) is 39.0 Å². The van der Waals surface area contributed by atoms with Crippen LogP contribution in [-0.2, 0) is 4.79 Å². The largest absolute Gasteiger partial charge is 0.491 e. The summed E-state index contributed by atoms with van der Waals surface area (Å²) in [6.45, 7) is 3.08. The zero-order valence-electron chi connectivity index (χ0n) is 13.5. The molecule has 1 aliphatic rings. The summed E-state index contributed by atoms with van der Waals surface area (Å²) in [5, 5.41) is 0. The maximum absolute atomic E-state index is 13.4. The zero-order valence-corrected chi connectivity index (χ0v) is 14.4. The fraction of sp³-hybridized carbons (Fsp3) is 0.588. The van der Waals surface area contributed by atoms with Crippen LogP contribution in [-0.4, -0.2) is 36.0 Å². The normalized spacial score (nSPS) is 18.9. The van der Waals surface area contributed by atoms with Crippen molar-refractivity contribution in [3.05, 3.63) is 30.1 Å². The summed E-state index contributed by atoms with van der Waals surface area (Å²) < 4.78 is 18.8. The molecular weight excluding hydrogens is 319 g/mol. The molecule has 2 unspecified atom stereocenters. The molecule has 1 aliphatic heterocycles. The first-order chi connectivity index (χ1) is 10.6.